The summed E-state index contributed by atoms with van der Waals surface area (Å²) < 4.78 is 0. The van der Waals surface area contributed by atoms with Crippen molar-refractivity contribution in [3.8, 4) is 0 Å². The summed E-state index contributed by atoms with van der Waals surface area (Å²) in [6.07, 6.45) is 2.92. The summed E-state index contributed by atoms with van der Waals surface area (Å²) in [6.45, 7) is 3.96. The van der Waals surface area contributed by atoms with Crippen molar-refractivity contribution in [2.75, 3.05) is 11.9 Å². The molecule has 0 saturated carbocycles. The molecule has 1 aromatic heterocycles. The normalized spacial score (nSPS) is 10.0. The number of nitrogens with zero attached hydrogens (tertiary/aromatic N) is 3. The van der Waals surface area contributed by atoms with Gasteiger partial charge >= 0.3 is 5.69 Å². The summed E-state index contributed by atoms with van der Waals surface area (Å²) in [7, 11) is 0. The molecule has 0 bridgehead atoms. The first-order valence-corrected chi connectivity index (χ1v) is 6.61. The highest BCUT2D eigenvalue weighted by Gasteiger charge is 2.23. The lowest BCUT2D eigenvalue weighted by molar-refractivity contribution is -0.387. The predicted molar refractivity (Wildman–Crippen MR) is 77.9 cm³/mol. The van der Waals surface area contributed by atoms with Crippen LogP contribution in [-0.4, -0.2) is 21.4 Å². The molecule has 2 aromatic rings. The molecule has 102 valence electrons. The zero-order chi connectivity index (χ0) is 14.4. The summed E-state index contributed by atoms with van der Waals surface area (Å²) in [5.41, 5.74) is -0.122. The molecule has 0 aliphatic heterocycles. The van der Waals surface area contributed by atoms with E-state index in [9.17, 15) is 10.1 Å². The van der Waals surface area contributed by atoms with Crippen LogP contribution in [0.4, 0.5) is 11.5 Å². The van der Waals surface area contributed by atoms with Crippen molar-refractivity contribution >= 4 is 23.3 Å². The molecule has 2 rings (SSSR count). The van der Waals surface area contributed by atoms with E-state index in [1.807, 2.05) is 30.3 Å². The van der Waals surface area contributed by atoms with Crippen LogP contribution in [0.3, 0.4) is 0 Å². The number of benzene rings is 1. The molecule has 0 aliphatic rings. The van der Waals surface area contributed by atoms with Crippen molar-refractivity contribution in [3.63, 3.8) is 0 Å². The Morgan fingerprint density at radius 1 is 1.35 bits per heavy atom. The average Bonchev–Trinajstić information content (AvgIpc) is 2.46. The fourth-order valence-electron chi connectivity index (χ4n) is 1.50. The van der Waals surface area contributed by atoms with E-state index >= 15 is 0 Å². The van der Waals surface area contributed by atoms with Crippen LogP contribution in [0.5, 0.6) is 0 Å². The van der Waals surface area contributed by atoms with Gasteiger partial charge in [-0.3, -0.25) is 10.1 Å². The van der Waals surface area contributed by atoms with Gasteiger partial charge in [0.2, 0.25) is 5.82 Å². The van der Waals surface area contributed by atoms with Crippen LogP contribution < -0.4 is 5.32 Å². The summed E-state index contributed by atoms with van der Waals surface area (Å²) in [5, 5.41) is 14.4. The third-order valence-corrected chi connectivity index (χ3v) is 3.34. The molecular weight excluding hydrogens is 276 g/mol. The quantitative estimate of drug-likeness (QED) is 0.380. The van der Waals surface area contributed by atoms with Crippen molar-refractivity contribution in [2.45, 2.75) is 9.92 Å². The Bertz CT molecular complexity index is 619. The van der Waals surface area contributed by atoms with Gasteiger partial charge < -0.3 is 5.32 Å². The first-order valence-electron chi connectivity index (χ1n) is 5.79. The zero-order valence-corrected chi connectivity index (χ0v) is 11.3. The van der Waals surface area contributed by atoms with Gasteiger partial charge in [-0.05, 0) is 12.1 Å². The minimum atomic E-state index is -0.476. The largest absolute Gasteiger partial charge is 0.361 e. The van der Waals surface area contributed by atoms with Crippen LogP contribution in [0.1, 0.15) is 0 Å². The van der Waals surface area contributed by atoms with Crippen molar-refractivity contribution in [1.29, 1.82) is 0 Å². The van der Waals surface area contributed by atoms with E-state index in [1.165, 1.54) is 18.1 Å². The van der Waals surface area contributed by atoms with E-state index in [0.717, 1.165) is 4.90 Å². The second-order valence-corrected chi connectivity index (χ2v) is 4.78. The molecule has 0 aliphatic carbocycles. The minimum Gasteiger partial charge on any atom is -0.361 e. The Balaban J connectivity index is 2.36. The molecule has 1 aromatic carbocycles. The second kappa shape index (κ2) is 6.67. The summed E-state index contributed by atoms with van der Waals surface area (Å²) in [6, 6.07) is 9.36. The van der Waals surface area contributed by atoms with Crippen molar-refractivity contribution in [1.82, 2.24) is 9.97 Å². The highest BCUT2D eigenvalue weighted by Crippen LogP contribution is 2.36. The van der Waals surface area contributed by atoms with Crippen LogP contribution in [0, 0.1) is 10.1 Å². The van der Waals surface area contributed by atoms with Crippen molar-refractivity contribution < 1.29 is 4.92 Å². The van der Waals surface area contributed by atoms with E-state index in [1.54, 1.807) is 6.08 Å². The van der Waals surface area contributed by atoms with Crippen LogP contribution in [0.2, 0.25) is 0 Å². The van der Waals surface area contributed by atoms with Gasteiger partial charge in [-0.1, -0.05) is 36.0 Å². The number of hydrogen-bond acceptors (Lipinski definition) is 6. The van der Waals surface area contributed by atoms with Gasteiger partial charge in [0, 0.05) is 11.4 Å². The maximum atomic E-state index is 11.2. The summed E-state index contributed by atoms with van der Waals surface area (Å²) in [5.74, 6) is 0.198. The third-order valence-electron chi connectivity index (χ3n) is 2.34. The number of rotatable bonds is 6. The molecule has 0 radical (unpaired) electrons. The summed E-state index contributed by atoms with van der Waals surface area (Å²) >= 11 is 1.23. The first-order chi connectivity index (χ1) is 9.72. The second-order valence-electron chi connectivity index (χ2n) is 3.72. The van der Waals surface area contributed by atoms with Gasteiger partial charge in [0.1, 0.15) is 6.33 Å². The predicted octanol–water partition coefficient (Wildman–Crippen LogP) is 3.13. The van der Waals surface area contributed by atoms with Gasteiger partial charge in [-0.25, -0.2) is 9.97 Å². The van der Waals surface area contributed by atoms with Gasteiger partial charge in [0.25, 0.3) is 0 Å². The molecule has 1 N–H and O–H groups in total. The third kappa shape index (κ3) is 3.33. The van der Waals surface area contributed by atoms with Crippen LogP contribution >= 0.6 is 11.8 Å². The molecule has 7 heteroatoms. The van der Waals surface area contributed by atoms with E-state index < -0.39 is 4.92 Å². The molecule has 0 spiro atoms. The maximum absolute atomic E-state index is 11.2. The first kappa shape index (κ1) is 14.0. The molecule has 1 heterocycles. The van der Waals surface area contributed by atoms with Gasteiger partial charge in [-0.2, -0.15) is 0 Å². The highest BCUT2D eigenvalue weighted by atomic mass is 32.2. The standard InChI is InChI=1S/C13H12N4O2S/c1-2-8-14-12-11(17(18)19)13(16-9-15-12)20-10-6-4-3-5-7-10/h2-7,9H,1,8H2,(H,14,15,16). The Kier molecular flexibility index (Phi) is 4.67. The lowest BCUT2D eigenvalue weighted by atomic mass is 10.4. The molecule has 6 nitrogen and oxygen atoms in total. The van der Waals surface area contributed by atoms with Crippen LogP contribution in [0.25, 0.3) is 0 Å². The van der Waals surface area contributed by atoms with E-state index in [-0.39, 0.29) is 11.5 Å². The number of aromatic nitrogens is 2. The van der Waals surface area contributed by atoms with Crippen LogP contribution in [-0.2, 0) is 0 Å². The van der Waals surface area contributed by atoms with E-state index in [0.29, 0.717) is 11.6 Å². The average molecular weight is 288 g/mol. The lowest BCUT2D eigenvalue weighted by Gasteiger charge is -2.06. The van der Waals surface area contributed by atoms with Crippen molar-refractivity contribution in [2.24, 2.45) is 0 Å². The zero-order valence-electron chi connectivity index (χ0n) is 10.5. The van der Waals surface area contributed by atoms with Gasteiger partial charge in [0.15, 0.2) is 5.03 Å². The fourth-order valence-corrected chi connectivity index (χ4v) is 2.38. The monoisotopic (exact) mass is 288 g/mol. The Morgan fingerprint density at radius 2 is 2.10 bits per heavy atom. The molecule has 0 fully saturated rings. The van der Waals surface area contributed by atoms with E-state index in [2.05, 4.69) is 21.9 Å². The van der Waals surface area contributed by atoms with Gasteiger partial charge in [0.05, 0.1) is 4.92 Å². The number of anilines is 1. The molecule has 0 saturated heterocycles. The maximum Gasteiger partial charge on any atom is 0.343 e. The Hall–Kier alpha value is -2.41. The van der Waals surface area contributed by atoms with E-state index in [4.69, 9.17) is 0 Å². The lowest BCUT2D eigenvalue weighted by Crippen LogP contribution is -2.06. The SMILES string of the molecule is C=CCNc1ncnc(Sc2ccccc2)c1[N+](=O)[O-]. The Morgan fingerprint density at radius 3 is 2.75 bits per heavy atom. The number of nitro groups is 1. The minimum absolute atomic E-state index is 0.122. The van der Waals surface area contributed by atoms with Crippen molar-refractivity contribution in [3.05, 3.63) is 59.4 Å². The molecule has 20 heavy (non-hydrogen) atoms. The smallest absolute Gasteiger partial charge is 0.343 e. The topological polar surface area (TPSA) is 81.0 Å². The number of hydrogen-bond donors (Lipinski definition) is 1. The molecule has 0 amide bonds. The number of nitrogens with one attached hydrogen (secondary N) is 1. The Labute approximate surface area is 120 Å². The fraction of sp³-hybridized carbons (Fsp3) is 0.0769. The highest BCUT2D eigenvalue weighted by molar-refractivity contribution is 7.99. The van der Waals surface area contributed by atoms with Gasteiger partial charge in [-0.15, -0.1) is 6.58 Å². The molecular formula is C13H12N4O2S. The van der Waals surface area contributed by atoms with Crippen LogP contribution in [0.15, 0.2) is 59.2 Å². The molecule has 0 atom stereocenters. The summed E-state index contributed by atoms with van der Waals surface area (Å²) in [4.78, 5) is 19.6. The molecule has 0 unspecified atom stereocenters.